The molecule has 1 aliphatic rings. The van der Waals surface area contributed by atoms with Crippen LogP contribution in [0.5, 0.6) is 0 Å². The largest absolute Gasteiger partial charge is 0.416 e. The summed E-state index contributed by atoms with van der Waals surface area (Å²) in [7, 11) is 5.49. The Bertz CT molecular complexity index is 1110. The highest BCUT2D eigenvalue weighted by Gasteiger charge is 2.34. The van der Waals surface area contributed by atoms with Gasteiger partial charge in [-0.1, -0.05) is 0 Å². The minimum Gasteiger partial charge on any atom is -0.384 e. The number of carbonyl (C=O) groups excluding carboxylic acids is 2. The molecule has 3 N–H and O–H groups in total. The molecule has 31 heavy (non-hydrogen) atoms. The molecular formula is C20H22F3N5O3. The van der Waals surface area contributed by atoms with Gasteiger partial charge in [0.1, 0.15) is 5.82 Å². The number of carbonyl (C=O) groups is 2. The van der Waals surface area contributed by atoms with Crippen LogP contribution in [0.15, 0.2) is 29.1 Å². The SMILES string of the molecule is CN(C)CCCN(C)c1ccc(C(F)(F)F)cc1-n1c(N)c2c(cc1=O)C(=O)NC2=O. The number of fused-ring (bicyclic) bond motifs is 1. The Morgan fingerprint density at radius 2 is 1.71 bits per heavy atom. The normalized spacial score (nSPS) is 13.5. The lowest BCUT2D eigenvalue weighted by molar-refractivity contribution is -0.137. The lowest BCUT2D eigenvalue weighted by Crippen LogP contribution is -2.28. The van der Waals surface area contributed by atoms with Crippen LogP contribution in [0, 0.1) is 0 Å². The second kappa shape index (κ2) is 8.06. The van der Waals surface area contributed by atoms with Gasteiger partial charge in [-0.25, -0.2) is 0 Å². The van der Waals surface area contributed by atoms with E-state index in [1.807, 2.05) is 24.3 Å². The van der Waals surface area contributed by atoms with Gasteiger partial charge in [-0.15, -0.1) is 0 Å². The zero-order valence-corrected chi connectivity index (χ0v) is 17.2. The number of anilines is 2. The zero-order chi connectivity index (χ0) is 23.1. The van der Waals surface area contributed by atoms with Crippen LogP contribution in [-0.4, -0.2) is 55.5 Å². The van der Waals surface area contributed by atoms with Gasteiger partial charge in [0.25, 0.3) is 17.4 Å². The number of halogens is 3. The summed E-state index contributed by atoms with van der Waals surface area (Å²) in [4.78, 5) is 40.4. The molecule has 0 saturated heterocycles. The van der Waals surface area contributed by atoms with Gasteiger partial charge in [0.15, 0.2) is 0 Å². The van der Waals surface area contributed by atoms with Crippen molar-refractivity contribution in [2.75, 3.05) is 44.9 Å². The van der Waals surface area contributed by atoms with Crippen LogP contribution in [0.1, 0.15) is 32.7 Å². The third kappa shape index (κ3) is 4.26. The topological polar surface area (TPSA) is 101 Å². The maximum atomic E-state index is 13.4. The summed E-state index contributed by atoms with van der Waals surface area (Å²) in [6.07, 6.45) is -3.94. The van der Waals surface area contributed by atoms with E-state index in [9.17, 15) is 27.6 Å². The predicted molar refractivity (Wildman–Crippen MR) is 110 cm³/mol. The smallest absolute Gasteiger partial charge is 0.384 e. The summed E-state index contributed by atoms with van der Waals surface area (Å²) in [5.41, 5.74) is 4.01. The molecule has 0 unspecified atom stereocenters. The summed E-state index contributed by atoms with van der Waals surface area (Å²) in [6.45, 7) is 1.25. The lowest BCUT2D eigenvalue weighted by Gasteiger charge is -2.25. The molecule has 0 radical (unpaired) electrons. The number of pyridine rings is 1. The molecule has 2 heterocycles. The van der Waals surface area contributed by atoms with Crippen LogP contribution in [0.3, 0.4) is 0 Å². The van der Waals surface area contributed by atoms with Crippen molar-refractivity contribution in [1.82, 2.24) is 14.8 Å². The van der Waals surface area contributed by atoms with Gasteiger partial charge in [0.2, 0.25) is 0 Å². The Balaban J connectivity index is 2.19. The zero-order valence-electron chi connectivity index (χ0n) is 17.2. The van der Waals surface area contributed by atoms with Crippen molar-refractivity contribution in [2.45, 2.75) is 12.6 Å². The molecule has 0 fully saturated rings. The number of amides is 2. The molecule has 2 amide bonds. The van der Waals surface area contributed by atoms with Crippen LogP contribution < -0.4 is 21.5 Å². The van der Waals surface area contributed by atoms with Crippen molar-refractivity contribution >= 4 is 23.3 Å². The van der Waals surface area contributed by atoms with E-state index >= 15 is 0 Å². The number of nitrogen functional groups attached to an aromatic ring is 1. The number of aromatic nitrogens is 1. The first-order valence-corrected chi connectivity index (χ1v) is 9.40. The van der Waals surface area contributed by atoms with Gasteiger partial charge in [0.05, 0.1) is 28.1 Å². The fourth-order valence-corrected chi connectivity index (χ4v) is 3.47. The minimum absolute atomic E-state index is 0.125. The van der Waals surface area contributed by atoms with E-state index < -0.39 is 34.9 Å². The van der Waals surface area contributed by atoms with Crippen LogP contribution in [0.2, 0.25) is 0 Å². The lowest BCUT2D eigenvalue weighted by atomic mass is 10.1. The fraction of sp³-hybridized carbons (Fsp3) is 0.350. The van der Waals surface area contributed by atoms with Crippen LogP contribution in [-0.2, 0) is 6.18 Å². The van der Waals surface area contributed by atoms with E-state index in [2.05, 4.69) is 0 Å². The van der Waals surface area contributed by atoms with E-state index in [1.165, 1.54) is 6.07 Å². The molecule has 166 valence electrons. The summed E-state index contributed by atoms with van der Waals surface area (Å²) < 4.78 is 41.0. The van der Waals surface area contributed by atoms with Gasteiger partial charge >= 0.3 is 6.18 Å². The van der Waals surface area contributed by atoms with E-state index in [-0.39, 0.29) is 16.8 Å². The number of rotatable bonds is 6. The van der Waals surface area contributed by atoms with Crippen molar-refractivity contribution in [1.29, 1.82) is 0 Å². The third-order valence-electron chi connectivity index (χ3n) is 5.01. The molecular weight excluding hydrogens is 415 g/mol. The van der Waals surface area contributed by atoms with Crippen LogP contribution in [0.25, 0.3) is 5.69 Å². The third-order valence-corrected chi connectivity index (χ3v) is 5.01. The van der Waals surface area contributed by atoms with E-state index in [0.717, 1.165) is 35.7 Å². The highest BCUT2D eigenvalue weighted by atomic mass is 19.4. The predicted octanol–water partition coefficient (Wildman–Crippen LogP) is 1.71. The molecule has 1 aliphatic heterocycles. The maximum Gasteiger partial charge on any atom is 0.416 e. The van der Waals surface area contributed by atoms with Crippen LogP contribution >= 0.6 is 0 Å². The Hall–Kier alpha value is -3.34. The van der Waals surface area contributed by atoms with Gasteiger partial charge < -0.3 is 15.5 Å². The van der Waals surface area contributed by atoms with Gasteiger partial charge in [-0.05, 0) is 45.3 Å². The van der Waals surface area contributed by atoms with E-state index in [0.29, 0.717) is 12.2 Å². The molecule has 0 spiro atoms. The number of nitrogens with zero attached hydrogens (tertiary/aromatic N) is 3. The Labute approximate surface area is 176 Å². The Morgan fingerprint density at radius 1 is 1.03 bits per heavy atom. The molecule has 1 aromatic carbocycles. The average molecular weight is 437 g/mol. The second-order valence-electron chi connectivity index (χ2n) is 7.55. The van der Waals surface area contributed by atoms with E-state index in [4.69, 9.17) is 5.73 Å². The van der Waals surface area contributed by atoms with Gasteiger partial charge in [-0.3, -0.25) is 24.3 Å². The Kier molecular flexibility index (Phi) is 5.81. The van der Waals surface area contributed by atoms with Gasteiger partial charge in [0, 0.05) is 19.7 Å². The first-order valence-electron chi connectivity index (χ1n) is 9.40. The highest BCUT2D eigenvalue weighted by Crippen LogP contribution is 2.35. The first kappa shape index (κ1) is 22.3. The van der Waals surface area contributed by atoms with Crippen molar-refractivity contribution < 1.29 is 22.8 Å². The summed E-state index contributed by atoms with van der Waals surface area (Å²) in [5, 5.41) is 2.04. The summed E-state index contributed by atoms with van der Waals surface area (Å²) in [5.74, 6) is -1.98. The monoisotopic (exact) mass is 437 g/mol. The fourth-order valence-electron chi connectivity index (χ4n) is 3.47. The molecule has 8 nitrogen and oxygen atoms in total. The number of nitrogens with two attached hydrogens (primary N) is 1. The number of alkyl halides is 3. The average Bonchev–Trinajstić information content (AvgIpc) is 2.94. The maximum absolute atomic E-state index is 13.4. The number of imide groups is 1. The number of nitrogens with one attached hydrogen (secondary N) is 1. The minimum atomic E-state index is -4.65. The molecule has 2 aromatic rings. The van der Waals surface area contributed by atoms with E-state index in [1.54, 1.807) is 11.9 Å². The van der Waals surface area contributed by atoms with Crippen molar-refractivity contribution in [3.8, 4) is 5.69 Å². The highest BCUT2D eigenvalue weighted by molar-refractivity contribution is 6.23. The van der Waals surface area contributed by atoms with Crippen molar-refractivity contribution in [3.05, 3.63) is 51.3 Å². The molecule has 0 aliphatic carbocycles. The molecule has 3 rings (SSSR count). The molecule has 1 aromatic heterocycles. The summed E-state index contributed by atoms with van der Waals surface area (Å²) in [6, 6.07) is 3.91. The number of benzene rings is 1. The number of hydrogen-bond acceptors (Lipinski definition) is 6. The van der Waals surface area contributed by atoms with Gasteiger partial charge in [-0.2, -0.15) is 13.2 Å². The van der Waals surface area contributed by atoms with Crippen molar-refractivity contribution in [2.24, 2.45) is 0 Å². The molecule has 0 bridgehead atoms. The molecule has 0 atom stereocenters. The van der Waals surface area contributed by atoms with Crippen LogP contribution in [0.4, 0.5) is 24.7 Å². The Morgan fingerprint density at radius 3 is 2.32 bits per heavy atom. The second-order valence-corrected chi connectivity index (χ2v) is 7.55. The standard InChI is InChI=1S/C20H22F3N5O3/c1-26(2)7-4-8-27(3)13-6-5-11(20(21,22)23)9-14(13)28-15(29)10-12-16(17(28)24)19(31)25-18(12)30/h5-6,9-10H,4,7-8,24H2,1-3H3,(H,25,30,31). The quantitative estimate of drug-likeness (QED) is 0.668. The molecule has 11 heteroatoms. The van der Waals surface area contributed by atoms with Crippen molar-refractivity contribution in [3.63, 3.8) is 0 Å². The first-order chi connectivity index (χ1) is 14.4. The molecule has 0 saturated carbocycles. The summed E-state index contributed by atoms with van der Waals surface area (Å²) >= 11 is 0. The number of hydrogen-bond donors (Lipinski definition) is 2.